The van der Waals surface area contributed by atoms with Crippen molar-refractivity contribution >= 4 is 17.2 Å². The number of anilines is 1. The van der Waals surface area contributed by atoms with Crippen molar-refractivity contribution in [2.45, 2.75) is 45.7 Å². The summed E-state index contributed by atoms with van der Waals surface area (Å²) in [5, 5.41) is 3.49. The molecule has 3 heterocycles. The molecular weight excluding hydrogens is 306 g/mol. The van der Waals surface area contributed by atoms with Crippen LogP contribution >= 0.6 is 11.3 Å². The zero-order valence-electron chi connectivity index (χ0n) is 14.2. The molecule has 2 aromatic heterocycles. The lowest BCUT2D eigenvalue weighted by atomic mass is 10.1. The molecule has 5 nitrogen and oxygen atoms in total. The minimum Gasteiger partial charge on any atom is -0.362 e. The Morgan fingerprint density at radius 2 is 2.17 bits per heavy atom. The van der Waals surface area contributed by atoms with Crippen LogP contribution in [0.2, 0.25) is 0 Å². The van der Waals surface area contributed by atoms with Crippen molar-refractivity contribution in [3.05, 3.63) is 33.7 Å². The van der Waals surface area contributed by atoms with Crippen LogP contribution in [0.15, 0.2) is 11.7 Å². The highest BCUT2D eigenvalue weighted by Crippen LogP contribution is 2.25. The molecule has 3 rings (SSSR count). The molecule has 0 radical (unpaired) electrons. The quantitative estimate of drug-likeness (QED) is 0.814. The van der Waals surface area contributed by atoms with Gasteiger partial charge in [-0.1, -0.05) is 13.3 Å². The van der Waals surface area contributed by atoms with E-state index in [0.29, 0.717) is 0 Å². The molecule has 1 aliphatic heterocycles. The van der Waals surface area contributed by atoms with Gasteiger partial charge in [-0.05, 0) is 12.8 Å². The van der Waals surface area contributed by atoms with Gasteiger partial charge in [0.1, 0.15) is 12.1 Å². The molecule has 0 spiro atoms. The van der Waals surface area contributed by atoms with E-state index in [1.165, 1.54) is 34.8 Å². The standard InChI is InChI=1S/C17H25N5S/c1-4-5-6-16-20-13(11-23-16)9-22-8-7-15-14(10-22)17(21(2)3)19-12-18-15/h11-12H,4-10H2,1-3H3. The third-order valence-electron chi connectivity index (χ3n) is 4.21. The molecule has 6 heteroatoms. The molecule has 0 fully saturated rings. The van der Waals surface area contributed by atoms with Crippen LogP contribution < -0.4 is 4.90 Å². The average Bonchev–Trinajstić information content (AvgIpc) is 2.99. The van der Waals surface area contributed by atoms with Gasteiger partial charge in [0.05, 0.1) is 16.4 Å². The van der Waals surface area contributed by atoms with Gasteiger partial charge in [-0.3, -0.25) is 4.90 Å². The molecule has 0 bridgehead atoms. The number of unbranched alkanes of at least 4 members (excludes halogenated alkanes) is 1. The molecule has 2 aromatic rings. The van der Waals surface area contributed by atoms with Crippen molar-refractivity contribution in [2.75, 3.05) is 25.5 Å². The summed E-state index contributed by atoms with van der Waals surface area (Å²) in [5.41, 5.74) is 3.67. The first-order valence-corrected chi connectivity index (χ1v) is 9.21. The number of hydrogen-bond acceptors (Lipinski definition) is 6. The molecule has 1 aliphatic rings. The highest BCUT2D eigenvalue weighted by Gasteiger charge is 2.22. The van der Waals surface area contributed by atoms with Crippen LogP contribution in [0.25, 0.3) is 0 Å². The predicted octanol–water partition coefficient (Wildman–Crippen LogP) is 2.90. The summed E-state index contributed by atoms with van der Waals surface area (Å²) < 4.78 is 0. The zero-order chi connectivity index (χ0) is 16.2. The first-order chi connectivity index (χ1) is 11.2. The second kappa shape index (κ2) is 7.36. The summed E-state index contributed by atoms with van der Waals surface area (Å²) in [4.78, 5) is 18.2. The minimum atomic E-state index is 0.908. The molecule has 0 aromatic carbocycles. The van der Waals surface area contributed by atoms with Crippen LogP contribution in [0.5, 0.6) is 0 Å². The Balaban J connectivity index is 1.68. The van der Waals surface area contributed by atoms with Crippen LogP contribution in [-0.4, -0.2) is 40.5 Å². The van der Waals surface area contributed by atoms with E-state index in [9.17, 15) is 0 Å². The van der Waals surface area contributed by atoms with Gasteiger partial charge in [-0.25, -0.2) is 15.0 Å². The smallest absolute Gasteiger partial charge is 0.136 e. The topological polar surface area (TPSA) is 45.2 Å². The second-order valence-corrected chi connectivity index (χ2v) is 7.26. The SMILES string of the molecule is CCCCc1nc(CN2CCc3ncnc(N(C)C)c3C2)cs1. The number of hydrogen-bond donors (Lipinski definition) is 0. The van der Waals surface area contributed by atoms with E-state index in [4.69, 9.17) is 4.98 Å². The first-order valence-electron chi connectivity index (χ1n) is 8.33. The number of aryl methyl sites for hydroxylation is 1. The lowest BCUT2D eigenvalue weighted by Crippen LogP contribution is -2.32. The van der Waals surface area contributed by atoms with Gasteiger partial charge in [0.25, 0.3) is 0 Å². The zero-order valence-corrected chi connectivity index (χ0v) is 15.1. The normalized spacial score (nSPS) is 14.7. The van der Waals surface area contributed by atoms with Crippen LogP contribution in [0.1, 0.15) is 41.7 Å². The number of fused-ring (bicyclic) bond motifs is 1. The van der Waals surface area contributed by atoms with Gasteiger partial charge in [-0.15, -0.1) is 11.3 Å². The fourth-order valence-corrected chi connectivity index (χ4v) is 3.83. The minimum absolute atomic E-state index is 0.908. The molecule has 0 unspecified atom stereocenters. The van der Waals surface area contributed by atoms with Gasteiger partial charge in [0, 0.05) is 51.1 Å². The lowest BCUT2D eigenvalue weighted by Gasteiger charge is -2.29. The maximum absolute atomic E-state index is 4.79. The molecule has 0 N–H and O–H groups in total. The Hall–Kier alpha value is -1.53. The molecule has 23 heavy (non-hydrogen) atoms. The van der Waals surface area contributed by atoms with E-state index >= 15 is 0 Å². The maximum Gasteiger partial charge on any atom is 0.136 e. The predicted molar refractivity (Wildman–Crippen MR) is 94.9 cm³/mol. The van der Waals surface area contributed by atoms with Crippen LogP contribution in [0.3, 0.4) is 0 Å². The summed E-state index contributed by atoms with van der Waals surface area (Å²) in [6, 6.07) is 0. The maximum atomic E-state index is 4.79. The molecule has 0 saturated heterocycles. The summed E-state index contributed by atoms with van der Waals surface area (Å²) in [6.45, 7) is 5.10. The van der Waals surface area contributed by atoms with E-state index in [1.807, 2.05) is 14.1 Å². The van der Waals surface area contributed by atoms with Crippen molar-refractivity contribution in [2.24, 2.45) is 0 Å². The Morgan fingerprint density at radius 3 is 2.96 bits per heavy atom. The van der Waals surface area contributed by atoms with Crippen molar-refractivity contribution in [1.29, 1.82) is 0 Å². The number of rotatable bonds is 6. The summed E-state index contributed by atoms with van der Waals surface area (Å²) >= 11 is 1.80. The number of aromatic nitrogens is 3. The largest absolute Gasteiger partial charge is 0.362 e. The Labute approximate surface area is 142 Å². The van der Waals surface area contributed by atoms with Crippen molar-refractivity contribution in [3.8, 4) is 0 Å². The lowest BCUT2D eigenvalue weighted by molar-refractivity contribution is 0.240. The van der Waals surface area contributed by atoms with E-state index < -0.39 is 0 Å². The van der Waals surface area contributed by atoms with Gasteiger partial charge in [0.15, 0.2) is 0 Å². The Morgan fingerprint density at radius 1 is 1.30 bits per heavy atom. The van der Waals surface area contributed by atoms with Gasteiger partial charge >= 0.3 is 0 Å². The average molecular weight is 331 g/mol. The summed E-state index contributed by atoms with van der Waals surface area (Å²) in [6.07, 6.45) is 6.25. The van der Waals surface area contributed by atoms with Crippen molar-refractivity contribution in [3.63, 3.8) is 0 Å². The van der Waals surface area contributed by atoms with Gasteiger partial charge in [0.2, 0.25) is 0 Å². The summed E-state index contributed by atoms with van der Waals surface area (Å²) in [5.74, 6) is 1.04. The van der Waals surface area contributed by atoms with Crippen molar-refractivity contribution in [1.82, 2.24) is 19.9 Å². The van der Waals surface area contributed by atoms with Gasteiger partial charge < -0.3 is 4.90 Å². The first kappa shape index (κ1) is 16.3. The van der Waals surface area contributed by atoms with Crippen LogP contribution in [0.4, 0.5) is 5.82 Å². The Bertz CT molecular complexity index is 652. The highest BCUT2D eigenvalue weighted by molar-refractivity contribution is 7.09. The fourth-order valence-electron chi connectivity index (χ4n) is 3.00. The molecule has 0 aliphatic carbocycles. The second-order valence-electron chi connectivity index (χ2n) is 6.31. The van der Waals surface area contributed by atoms with E-state index in [0.717, 1.165) is 38.3 Å². The molecule has 0 atom stereocenters. The van der Waals surface area contributed by atoms with E-state index in [1.54, 1.807) is 17.7 Å². The van der Waals surface area contributed by atoms with Crippen LogP contribution in [0, 0.1) is 0 Å². The fraction of sp³-hybridized carbons (Fsp3) is 0.588. The molecule has 0 saturated carbocycles. The molecule has 124 valence electrons. The van der Waals surface area contributed by atoms with Gasteiger partial charge in [-0.2, -0.15) is 0 Å². The van der Waals surface area contributed by atoms with E-state index in [2.05, 4.69) is 32.1 Å². The molecule has 0 amide bonds. The van der Waals surface area contributed by atoms with Crippen LogP contribution in [-0.2, 0) is 25.9 Å². The third-order valence-corrected chi connectivity index (χ3v) is 5.17. The Kier molecular flexibility index (Phi) is 5.23. The number of thiazole rings is 1. The third kappa shape index (κ3) is 3.87. The highest BCUT2D eigenvalue weighted by atomic mass is 32.1. The monoisotopic (exact) mass is 331 g/mol. The molecular formula is C17H25N5S. The summed E-state index contributed by atoms with van der Waals surface area (Å²) in [7, 11) is 4.09. The number of nitrogens with zero attached hydrogens (tertiary/aromatic N) is 5. The van der Waals surface area contributed by atoms with E-state index in [-0.39, 0.29) is 0 Å². The van der Waals surface area contributed by atoms with Crippen molar-refractivity contribution < 1.29 is 0 Å².